The summed E-state index contributed by atoms with van der Waals surface area (Å²) in [5.74, 6) is 0. The number of piperidine rings is 1. The second-order valence-corrected chi connectivity index (χ2v) is 6.32. The summed E-state index contributed by atoms with van der Waals surface area (Å²) in [6.45, 7) is 2.49. The number of hydrogen-bond donors (Lipinski definition) is 1. The number of rotatable bonds is 2. The van der Waals surface area contributed by atoms with E-state index in [1.54, 1.807) is 0 Å². The van der Waals surface area contributed by atoms with Crippen LogP contribution in [0.25, 0.3) is 0 Å². The summed E-state index contributed by atoms with van der Waals surface area (Å²) in [4.78, 5) is 5.07. The van der Waals surface area contributed by atoms with Gasteiger partial charge in [0.2, 0.25) is 0 Å². The number of fused-ring (bicyclic) bond motifs is 1. The maximum atomic E-state index is 5.89. The van der Waals surface area contributed by atoms with E-state index in [2.05, 4.69) is 36.0 Å². The zero-order valence-electron chi connectivity index (χ0n) is 12.1. The Bertz CT molecular complexity index is 447. The Morgan fingerprint density at radius 3 is 2.47 bits per heavy atom. The molecule has 2 aliphatic rings. The van der Waals surface area contributed by atoms with Gasteiger partial charge in [0.15, 0.2) is 0 Å². The molecule has 19 heavy (non-hydrogen) atoms. The maximum absolute atomic E-state index is 5.89. The molecule has 0 radical (unpaired) electrons. The van der Waals surface area contributed by atoms with Crippen molar-refractivity contribution in [2.75, 3.05) is 32.9 Å². The largest absolute Gasteiger partial charge is 0.399 e. The van der Waals surface area contributed by atoms with Crippen LogP contribution in [0.4, 0.5) is 5.69 Å². The Kier molecular flexibility index (Phi) is 3.50. The molecule has 0 spiro atoms. The van der Waals surface area contributed by atoms with Crippen molar-refractivity contribution in [3.05, 3.63) is 29.3 Å². The highest BCUT2D eigenvalue weighted by Crippen LogP contribution is 2.29. The standard InChI is InChI=1S/C16H25N3/c1-18(2)15-5-7-19(8-6-15)16-10-12-3-4-14(17)9-13(12)11-16/h3-4,9,15-16H,5-8,10-11,17H2,1-2H3/t16-/m1/s1. The molecule has 3 rings (SSSR count). The van der Waals surface area contributed by atoms with Crippen molar-refractivity contribution in [2.24, 2.45) is 0 Å². The number of likely N-dealkylation sites (tertiary alicyclic amines) is 1. The number of nitrogens with zero attached hydrogens (tertiary/aromatic N) is 2. The first kappa shape index (κ1) is 12.9. The van der Waals surface area contributed by atoms with E-state index in [-0.39, 0.29) is 0 Å². The van der Waals surface area contributed by atoms with Crippen LogP contribution in [0.2, 0.25) is 0 Å². The average Bonchev–Trinajstić information content (AvgIpc) is 2.81. The molecule has 3 heteroatoms. The molecule has 1 aromatic carbocycles. The minimum atomic E-state index is 0.708. The first-order valence-corrected chi connectivity index (χ1v) is 7.41. The van der Waals surface area contributed by atoms with Crippen LogP contribution in [0.15, 0.2) is 18.2 Å². The van der Waals surface area contributed by atoms with E-state index in [0.717, 1.165) is 11.7 Å². The second-order valence-electron chi connectivity index (χ2n) is 6.32. The van der Waals surface area contributed by atoms with Crippen LogP contribution in [-0.4, -0.2) is 49.1 Å². The molecule has 1 aliphatic heterocycles. The van der Waals surface area contributed by atoms with Crippen LogP contribution in [0.5, 0.6) is 0 Å². The van der Waals surface area contributed by atoms with E-state index in [1.807, 2.05) is 6.07 Å². The van der Waals surface area contributed by atoms with Crippen LogP contribution in [0.3, 0.4) is 0 Å². The first-order chi connectivity index (χ1) is 9.13. The molecule has 0 bridgehead atoms. The van der Waals surface area contributed by atoms with Gasteiger partial charge in [-0.3, -0.25) is 4.90 Å². The zero-order valence-corrected chi connectivity index (χ0v) is 12.1. The van der Waals surface area contributed by atoms with Crippen LogP contribution in [-0.2, 0) is 12.8 Å². The normalized spacial score (nSPS) is 24.9. The summed E-state index contributed by atoms with van der Waals surface area (Å²) in [6.07, 6.45) is 5.01. The molecule has 104 valence electrons. The third-order valence-electron chi connectivity index (χ3n) is 4.89. The van der Waals surface area contributed by atoms with Gasteiger partial charge in [-0.1, -0.05) is 6.07 Å². The molecule has 3 nitrogen and oxygen atoms in total. The van der Waals surface area contributed by atoms with Gasteiger partial charge < -0.3 is 10.6 Å². The lowest BCUT2D eigenvalue weighted by molar-refractivity contribution is 0.111. The quantitative estimate of drug-likeness (QED) is 0.822. The van der Waals surface area contributed by atoms with E-state index < -0.39 is 0 Å². The number of nitrogen functional groups attached to an aromatic ring is 1. The molecule has 0 aromatic heterocycles. The highest BCUT2D eigenvalue weighted by molar-refractivity contribution is 5.47. The lowest BCUT2D eigenvalue weighted by Gasteiger charge is -2.38. The van der Waals surface area contributed by atoms with Gasteiger partial charge >= 0.3 is 0 Å². The topological polar surface area (TPSA) is 32.5 Å². The van der Waals surface area contributed by atoms with Crippen molar-refractivity contribution in [1.29, 1.82) is 0 Å². The van der Waals surface area contributed by atoms with Crippen molar-refractivity contribution in [2.45, 2.75) is 37.8 Å². The molecular formula is C16H25N3. The molecule has 1 atom stereocenters. The van der Waals surface area contributed by atoms with Gasteiger partial charge in [0.1, 0.15) is 0 Å². The molecule has 1 aromatic rings. The maximum Gasteiger partial charge on any atom is 0.0316 e. The van der Waals surface area contributed by atoms with Gasteiger partial charge in [-0.05, 0) is 76.1 Å². The van der Waals surface area contributed by atoms with Gasteiger partial charge in [0, 0.05) is 17.8 Å². The van der Waals surface area contributed by atoms with Crippen molar-refractivity contribution < 1.29 is 0 Å². The summed E-state index contributed by atoms with van der Waals surface area (Å²) < 4.78 is 0. The van der Waals surface area contributed by atoms with Crippen molar-refractivity contribution in [1.82, 2.24) is 9.80 Å². The molecular weight excluding hydrogens is 234 g/mol. The van der Waals surface area contributed by atoms with Crippen LogP contribution in [0, 0.1) is 0 Å². The Hall–Kier alpha value is -1.06. The van der Waals surface area contributed by atoms with Gasteiger partial charge in [-0.15, -0.1) is 0 Å². The first-order valence-electron chi connectivity index (χ1n) is 7.41. The summed E-state index contributed by atoms with van der Waals surface area (Å²) in [7, 11) is 4.41. The number of nitrogens with two attached hydrogens (primary N) is 1. The van der Waals surface area contributed by atoms with E-state index in [1.165, 1.54) is 49.9 Å². The Morgan fingerprint density at radius 1 is 1.11 bits per heavy atom. The fourth-order valence-corrected chi connectivity index (χ4v) is 3.64. The third kappa shape index (κ3) is 2.63. The fraction of sp³-hybridized carbons (Fsp3) is 0.625. The summed E-state index contributed by atoms with van der Waals surface area (Å²) >= 11 is 0. The fourth-order valence-electron chi connectivity index (χ4n) is 3.64. The third-order valence-corrected chi connectivity index (χ3v) is 4.89. The Balaban J connectivity index is 1.61. The van der Waals surface area contributed by atoms with Gasteiger partial charge in [0.05, 0.1) is 0 Å². The number of benzene rings is 1. The lowest BCUT2D eigenvalue weighted by Crippen LogP contribution is -2.46. The molecule has 2 N–H and O–H groups in total. The molecule has 0 unspecified atom stereocenters. The average molecular weight is 259 g/mol. The summed E-state index contributed by atoms with van der Waals surface area (Å²) in [5.41, 5.74) is 9.78. The lowest BCUT2D eigenvalue weighted by atomic mass is 10.0. The van der Waals surface area contributed by atoms with Crippen molar-refractivity contribution >= 4 is 5.69 Å². The highest BCUT2D eigenvalue weighted by Gasteiger charge is 2.30. The van der Waals surface area contributed by atoms with Crippen LogP contribution < -0.4 is 5.73 Å². The minimum Gasteiger partial charge on any atom is -0.399 e. The predicted molar refractivity (Wildman–Crippen MR) is 80.3 cm³/mol. The molecule has 0 saturated carbocycles. The Labute approximate surface area is 116 Å². The zero-order chi connectivity index (χ0) is 13.4. The SMILES string of the molecule is CN(C)C1CCN([C@@H]2Cc3ccc(N)cc3C2)CC1. The van der Waals surface area contributed by atoms with Crippen LogP contribution >= 0.6 is 0 Å². The molecule has 1 aliphatic carbocycles. The van der Waals surface area contributed by atoms with Gasteiger partial charge in [0.25, 0.3) is 0 Å². The molecule has 1 fully saturated rings. The number of hydrogen-bond acceptors (Lipinski definition) is 3. The smallest absolute Gasteiger partial charge is 0.0316 e. The van der Waals surface area contributed by atoms with E-state index >= 15 is 0 Å². The molecule has 1 saturated heterocycles. The molecule has 1 heterocycles. The van der Waals surface area contributed by atoms with E-state index in [9.17, 15) is 0 Å². The highest BCUT2D eigenvalue weighted by atomic mass is 15.2. The monoisotopic (exact) mass is 259 g/mol. The van der Waals surface area contributed by atoms with Crippen LogP contribution in [0.1, 0.15) is 24.0 Å². The summed E-state index contributed by atoms with van der Waals surface area (Å²) in [5, 5.41) is 0. The van der Waals surface area contributed by atoms with E-state index in [0.29, 0.717) is 6.04 Å². The van der Waals surface area contributed by atoms with E-state index in [4.69, 9.17) is 5.73 Å². The minimum absolute atomic E-state index is 0.708. The molecule has 0 amide bonds. The second kappa shape index (κ2) is 5.14. The van der Waals surface area contributed by atoms with Crippen molar-refractivity contribution in [3.8, 4) is 0 Å². The Morgan fingerprint density at radius 2 is 1.79 bits per heavy atom. The summed E-state index contributed by atoms with van der Waals surface area (Å²) in [6, 6.07) is 7.91. The van der Waals surface area contributed by atoms with Crippen molar-refractivity contribution in [3.63, 3.8) is 0 Å². The van der Waals surface area contributed by atoms with Gasteiger partial charge in [-0.2, -0.15) is 0 Å². The van der Waals surface area contributed by atoms with Gasteiger partial charge in [-0.25, -0.2) is 0 Å². The number of anilines is 1. The predicted octanol–water partition coefficient (Wildman–Crippen LogP) is 1.76.